The van der Waals surface area contributed by atoms with Gasteiger partial charge in [-0.1, -0.05) is 24.3 Å². The number of pyridine rings is 2. The Morgan fingerprint density at radius 3 is 2.67 bits per heavy atom. The van der Waals surface area contributed by atoms with Crippen LogP contribution in [-0.2, 0) is 0 Å². The summed E-state index contributed by atoms with van der Waals surface area (Å²) in [4.78, 5) is 21.3. The number of benzene rings is 1. The van der Waals surface area contributed by atoms with Gasteiger partial charge < -0.3 is 8.83 Å². The first-order chi connectivity index (χ1) is 11.8. The number of fused-ring (bicyclic) bond motifs is 5. The predicted octanol–water partition coefficient (Wildman–Crippen LogP) is 4.15. The monoisotopic (exact) mass is 314 g/mol. The lowest BCUT2D eigenvalue weighted by molar-refractivity contribution is 0.568. The van der Waals surface area contributed by atoms with Crippen LogP contribution in [0.25, 0.3) is 44.2 Å². The smallest absolute Gasteiger partial charge is 0.363 e. The molecule has 0 spiro atoms. The fraction of sp³-hybridized carbons (Fsp3) is 0. The normalized spacial score (nSPS) is 11.5. The number of hydrogen-bond acceptors (Lipinski definition) is 5. The summed E-state index contributed by atoms with van der Waals surface area (Å²) in [6.07, 6.45) is 3.28. The Labute approximate surface area is 135 Å². The molecule has 4 aromatic heterocycles. The Kier molecular flexibility index (Phi) is 2.58. The first-order valence-electron chi connectivity index (χ1n) is 7.47. The molecule has 0 saturated carbocycles. The molecule has 0 unspecified atom stereocenters. The van der Waals surface area contributed by atoms with E-state index < -0.39 is 5.63 Å². The van der Waals surface area contributed by atoms with E-state index in [0.717, 1.165) is 16.2 Å². The third kappa shape index (κ3) is 1.72. The van der Waals surface area contributed by atoms with Gasteiger partial charge in [0.2, 0.25) is 0 Å². The van der Waals surface area contributed by atoms with Gasteiger partial charge in [-0.2, -0.15) is 0 Å². The van der Waals surface area contributed by atoms with Crippen molar-refractivity contribution in [1.82, 2.24) is 9.97 Å². The Bertz CT molecular complexity index is 1270. The van der Waals surface area contributed by atoms with Crippen LogP contribution in [0.5, 0.6) is 0 Å². The van der Waals surface area contributed by atoms with Crippen molar-refractivity contribution in [2.24, 2.45) is 0 Å². The van der Waals surface area contributed by atoms with Gasteiger partial charge in [0.05, 0.1) is 12.0 Å². The molecule has 0 bridgehead atoms. The summed E-state index contributed by atoms with van der Waals surface area (Å²) >= 11 is 0. The highest BCUT2D eigenvalue weighted by Gasteiger charge is 2.18. The second-order valence-corrected chi connectivity index (χ2v) is 5.45. The van der Waals surface area contributed by atoms with Gasteiger partial charge in [-0.15, -0.1) is 0 Å². The maximum absolute atomic E-state index is 12.5. The van der Waals surface area contributed by atoms with Gasteiger partial charge >= 0.3 is 5.63 Å². The van der Waals surface area contributed by atoms with Crippen molar-refractivity contribution in [2.75, 3.05) is 0 Å². The summed E-state index contributed by atoms with van der Waals surface area (Å²) in [6.45, 7) is 0. The average Bonchev–Trinajstić information content (AvgIpc) is 3.11. The second-order valence-electron chi connectivity index (χ2n) is 5.45. The minimum Gasteiger partial charge on any atom is -0.462 e. The molecule has 0 aliphatic rings. The van der Waals surface area contributed by atoms with Crippen molar-refractivity contribution in [3.05, 3.63) is 71.4 Å². The Balaban J connectivity index is 2.05. The molecule has 0 atom stereocenters. The summed E-state index contributed by atoms with van der Waals surface area (Å²) in [5, 5.41) is 2.40. The Hall–Kier alpha value is -3.47. The Morgan fingerprint density at radius 2 is 1.79 bits per heavy atom. The maximum Gasteiger partial charge on any atom is 0.363 e. The van der Waals surface area contributed by atoms with Crippen molar-refractivity contribution >= 4 is 32.8 Å². The first kappa shape index (κ1) is 13.0. The molecule has 5 nitrogen and oxygen atoms in total. The zero-order valence-corrected chi connectivity index (χ0v) is 12.4. The summed E-state index contributed by atoms with van der Waals surface area (Å²) in [5.74, 6) is 0. The lowest BCUT2D eigenvalue weighted by Gasteiger charge is -2.06. The lowest BCUT2D eigenvalue weighted by atomic mass is 10.1. The van der Waals surface area contributed by atoms with Gasteiger partial charge in [-0.3, -0.25) is 4.98 Å². The number of furan rings is 1. The first-order valence-corrected chi connectivity index (χ1v) is 7.47. The van der Waals surface area contributed by atoms with E-state index in [1.165, 1.54) is 0 Å². The molecule has 24 heavy (non-hydrogen) atoms. The molecule has 0 aliphatic heterocycles. The highest BCUT2D eigenvalue weighted by Crippen LogP contribution is 2.34. The van der Waals surface area contributed by atoms with E-state index in [-0.39, 0.29) is 5.52 Å². The summed E-state index contributed by atoms with van der Waals surface area (Å²) in [5.41, 5.74) is 2.13. The van der Waals surface area contributed by atoms with E-state index in [4.69, 9.17) is 8.83 Å². The van der Waals surface area contributed by atoms with E-state index in [9.17, 15) is 4.79 Å². The lowest BCUT2D eigenvalue weighted by Crippen LogP contribution is -2.04. The highest BCUT2D eigenvalue weighted by atomic mass is 16.4. The molecule has 5 heteroatoms. The maximum atomic E-state index is 12.5. The zero-order chi connectivity index (χ0) is 16.1. The number of aromatic nitrogens is 2. The van der Waals surface area contributed by atoms with Crippen LogP contribution in [0.1, 0.15) is 0 Å². The van der Waals surface area contributed by atoms with Crippen LogP contribution in [0.15, 0.2) is 74.6 Å². The number of rotatable bonds is 1. The van der Waals surface area contributed by atoms with Crippen LogP contribution in [0, 0.1) is 0 Å². The molecule has 0 aliphatic carbocycles. The van der Waals surface area contributed by atoms with E-state index in [0.29, 0.717) is 22.6 Å². The van der Waals surface area contributed by atoms with Crippen LogP contribution in [0.3, 0.4) is 0 Å². The van der Waals surface area contributed by atoms with Crippen molar-refractivity contribution in [2.45, 2.75) is 0 Å². The summed E-state index contributed by atoms with van der Waals surface area (Å²) in [6, 6.07) is 14.8. The van der Waals surface area contributed by atoms with Crippen molar-refractivity contribution < 1.29 is 8.83 Å². The third-order valence-electron chi connectivity index (χ3n) is 4.07. The van der Waals surface area contributed by atoms with Crippen LogP contribution < -0.4 is 5.63 Å². The van der Waals surface area contributed by atoms with Crippen molar-refractivity contribution in [3.63, 3.8) is 0 Å². The van der Waals surface area contributed by atoms with E-state index in [1.807, 2.05) is 42.5 Å². The summed E-state index contributed by atoms with van der Waals surface area (Å²) < 4.78 is 11.1. The second kappa shape index (κ2) is 4.76. The Morgan fingerprint density at radius 1 is 0.917 bits per heavy atom. The van der Waals surface area contributed by atoms with Gasteiger partial charge in [-0.05, 0) is 24.3 Å². The molecule has 4 heterocycles. The topological polar surface area (TPSA) is 69.1 Å². The molecule has 114 valence electrons. The molecule has 0 radical (unpaired) electrons. The SMILES string of the molecule is O=c1oc2ccccc2c2c1nc(-c1ccccn1)c1occc12. The molecule has 5 aromatic rings. The van der Waals surface area contributed by atoms with Gasteiger partial charge in [0.1, 0.15) is 11.3 Å². The number of hydrogen-bond donors (Lipinski definition) is 0. The molecule has 5 rings (SSSR count). The van der Waals surface area contributed by atoms with E-state index in [2.05, 4.69) is 9.97 Å². The van der Waals surface area contributed by atoms with E-state index >= 15 is 0 Å². The van der Waals surface area contributed by atoms with Crippen LogP contribution in [0.4, 0.5) is 0 Å². The average molecular weight is 314 g/mol. The number of nitrogens with zero attached hydrogens (tertiary/aromatic N) is 2. The quantitative estimate of drug-likeness (QED) is 0.343. The highest BCUT2D eigenvalue weighted by molar-refractivity contribution is 6.18. The zero-order valence-electron chi connectivity index (χ0n) is 12.4. The van der Waals surface area contributed by atoms with Crippen LogP contribution in [0.2, 0.25) is 0 Å². The fourth-order valence-electron chi connectivity index (χ4n) is 3.04. The molecular weight excluding hydrogens is 304 g/mol. The fourth-order valence-corrected chi connectivity index (χ4v) is 3.04. The molecule has 0 amide bonds. The van der Waals surface area contributed by atoms with Crippen molar-refractivity contribution in [3.8, 4) is 11.4 Å². The van der Waals surface area contributed by atoms with Gasteiger partial charge in [0.15, 0.2) is 11.1 Å². The largest absolute Gasteiger partial charge is 0.462 e. The van der Waals surface area contributed by atoms with Gasteiger partial charge in [0, 0.05) is 22.4 Å². The van der Waals surface area contributed by atoms with Gasteiger partial charge in [0.25, 0.3) is 0 Å². The molecule has 1 aromatic carbocycles. The van der Waals surface area contributed by atoms with Crippen molar-refractivity contribution in [1.29, 1.82) is 0 Å². The predicted molar refractivity (Wildman–Crippen MR) is 90.8 cm³/mol. The third-order valence-corrected chi connectivity index (χ3v) is 4.07. The standard InChI is InChI=1S/C19H10N2O3/c22-19-17-15(11-5-1-2-7-14(11)24-19)12-8-10-23-18(12)16(21-17)13-6-3-4-9-20-13/h1-10H. The molecule has 0 fully saturated rings. The molecule has 0 N–H and O–H groups in total. The number of para-hydroxylation sites is 1. The minimum absolute atomic E-state index is 0.281. The van der Waals surface area contributed by atoms with E-state index in [1.54, 1.807) is 18.5 Å². The minimum atomic E-state index is -0.469. The molecular formula is C19H10N2O3. The van der Waals surface area contributed by atoms with Gasteiger partial charge in [-0.25, -0.2) is 9.78 Å². The van der Waals surface area contributed by atoms with Crippen LogP contribution in [-0.4, -0.2) is 9.97 Å². The molecule has 0 saturated heterocycles. The summed E-state index contributed by atoms with van der Waals surface area (Å²) in [7, 11) is 0. The van der Waals surface area contributed by atoms with Crippen LogP contribution >= 0.6 is 0 Å².